The van der Waals surface area contributed by atoms with Crippen LogP contribution in [0.1, 0.15) is 19.4 Å². The Balaban J connectivity index is 2.28. The molecule has 2 aromatic rings. The molecule has 0 saturated carbocycles. The number of nitrogens with one attached hydrogen (secondary N) is 1. The summed E-state index contributed by atoms with van der Waals surface area (Å²) >= 11 is 0. The van der Waals surface area contributed by atoms with Crippen molar-refractivity contribution in [2.24, 2.45) is 0 Å². The Hall–Kier alpha value is -2.40. The average molecular weight is 308 g/mol. The lowest BCUT2D eigenvalue weighted by atomic mass is 9.75. The third kappa shape index (κ3) is 3.87. The van der Waals surface area contributed by atoms with E-state index in [4.69, 9.17) is 0 Å². The van der Waals surface area contributed by atoms with Gasteiger partial charge in [0.25, 0.3) is 7.41 Å². The molecule has 1 radical (unpaired) electrons. The molecule has 0 fully saturated rings. The van der Waals surface area contributed by atoms with Gasteiger partial charge in [0.15, 0.2) is 0 Å². The van der Waals surface area contributed by atoms with Crippen LogP contribution in [0.15, 0.2) is 54.6 Å². The van der Waals surface area contributed by atoms with Crippen LogP contribution in [0.2, 0.25) is 0 Å². The van der Waals surface area contributed by atoms with Crippen LogP contribution >= 0.6 is 0 Å². The van der Waals surface area contributed by atoms with Crippen molar-refractivity contribution >= 4 is 19.6 Å². The minimum absolute atomic E-state index is 0.546. The first-order valence-corrected chi connectivity index (χ1v) is 7.38. The number of aliphatic carboxylic acids is 1. The van der Waals surface area contributed by atoms with Crippen molar-refractivity contribution in [3.8, 4) is 11.1 Å². The smallest absolute Gasteiger partial charge is 0.320 e. The molecule has 0 bridgehead atoms. The average Bonchev–Trinajstić information content (AvgIpc) is 2.55. The van der Waals surface area contributed by atoms with Crippen molar-refractivity contribution in [3.63, 3.8) is 0 Å². The lowest BCUT2D eigenvalue weighted by molar-refractivity contribution is -0.140. The van der Waals surface area contributed by atoms with Gasteiger partial charge in [0.05, 0.1) is 6.19 Å². The van der Waals surface area contributed by atoms with E-state index in [0.29, 0.717) is 6.19 Å². The third-order valence-corrected chi connectivity index (χ3v) is 4.04. The van der Waals surface area contributed by atoms with E-state index in [-0.39, 0.29) is 0 Å². The SMILES string of the molecule is CC(C)(c1ccc(-c2ccccc2)cc1)[C@@H](N[B]C=O)C(=O)O. The van der Waals surface area contributed by atoms with E-state index in [1.54, 1.807) is 0 Å². The molecule has 0 aliphatic carbocycles. The first kappa shape index (κ1) is 17.0. The van der Waals surface area contributed by atoms with Gasteiger partial charge in [0.1, 0.15) is 6.04 Å². The molecule has 0 heterocycles. The van der Waals surface area contributed by atoms with Crippen LogP contribution < -0.4 is 5.23 Å². The molecule has 0 aliphatic rings. The molecule has 4 nitrogen and oxygen atoms in total. The second-order valence-corrected chi connectivity index (χ2v) is 5.91. The van der Waals surface area contributed by atoms with E-state index < -0.39 is 17.4 Å². The first-order valence-electron chi connectivity index (χ1n) is 7.38. The zero-order valence-electron chi connectivity index (χ0n) is 13.2. The van der Waals surface area contributed by atoms with Crippen LogP contribution in [0.25, 0.3) is 11.1 Å². The first-order chi connectivity index (χ1) is 11.0. The van der Waals surface area contributed by atoms with E-state index in [2.05, 4.69) is 5.23 Å². The van der Waals surface area contributed by atoms with Crippen LogP contribution in [0.3, 0.4) is 0 Å². The number of carbonyl (C=O) groups excluding carboxylic acids is 1. The minimum atomic E-state index is -1.000. The monoisotopic (exact) mass is 308 g/mol. The normalized spacial score (nSPS) is 12.4. The molecule has 5 heteroatoms. The summed E-state index contributed by atoms with van der Waals surface area (Å²) in [5.41, 5.74) is 2.39. The summed E-state index contributed by atoms with van der Waals surface area (Å²) in [6.45, 7) is 3.68. The number of hydrogen-bond donors (Lipinski definition) is 2. The Morgan fingerprint density at radius 3 is 2.17 bits per heavy atom. The van der Waals surface area contributed by atoms with Crippen molar-refractivity contribution in [1.82, 2.24) is 5.23 Å². The molecule has 0 unspecified atom stereocenters. The van der Waals surface area contributed by atoms with Crippen molar-refractivity contribution in [1.29, 1.82) is 0 Å². The van der Waals surface area contributed by atoms with Gasteiger partial charge >= 0.3 is 5.97 Å². The van der Waals surface area contributed by atoms with E-state index in [9.17, 15) is 14.7 Å². The summed E-state index contributed by atoms with van der Waals surface area (Å²) in [6, 6.07) is 16.9. The van der Waals surface area contributed by atoms with Crippen LogP contribution in [0, 0.1) is 0 Å². The summed E-state index contributed by atoms with van der Waals surface area (Å²) in [6.07, 6.45) is 0.546. The predicted octanol–water partition coefficient (Wildman–Crippen LogP) is 2.48. The summed E-state index contributed by atoms with van der Waals surface area (Å²) in [7, 11) is 1.12. The largest absolute Gasteiger partial charge is 0.480 e. The Morgan fingerprint density at radius 1 is 1.09 bits per heavy atom. The number of carboxylic acid groups (broad SMARTS) is 1. The van der Waals surface area contributed by atoms with Gasteiger partial charge in [-0.15, -0.1) is 0 Å². The lowest BCUT2D eigenvalue weighted by Crippen LogP contribution is -2.51. The topological polar surface area (TPSA) is 66.4 Å². The van der Waals surface area contributed by atoms with E-state index in [0.717, 1.165) is 24.1 Å². The Bertz CT molecular complexity index is 668. The van der Waals surface area contributed by atoms with Crippen molar-refractivity contribution in [3.05, 3.63) is 60.2 Å². The Morgan fingerprint density at radius 2 is 1.65 bits per heavy atom. The molecule has 2 rings (SSSR count). The zero-order chi connectivity index (χ0) is 16.9. The highest BCUT2D eigenvalue weighted by atomic mass is 16.4. The highest BCUT2D eigenvalue weighted by Crippen LogP contribution is 2.29. The van der Waals surface area contributed by atoms with Crippen LogP contribution in [0.5, 0.6) is 0 Å². The lowest BCUT2D eigenvalue weighted by Gasteiger charge is -2.32. The fourth-order valence-electron chi connectivity index (χ4n) is 2.61. The zero-order valence-corrected chi connectivity index (χ0v) is 13.2. The number of hydrogen-bond acceptors (Lipinski definition) is 3. The highest BCUT2D eigenvalue weighted by molar-refractivity contribution is 6.64. The fraction of sp³-hybridized carbons (Fsp3) is 0.222. The molecule has 0 saturated heterocycles. The molecule has 23 heavy (non-hydrogen) atoms. The molecule has 2 N–H and O–H groups in total. The van der Waals surface area contributed by atoms with Crippen LogP contribution in [-0.4, -0.2) is 30.7 Å². The fourth-order valence-corrected chi connectivity index (χ4v) is 2.61. The van der Waals surface area contributed by atoms with Gasteiger partial charge in [-0.1, -0.05) is 68.4 Å². The third-order valence-electron chi connectivity index (χ3n) is 4.04. The van der Waals surface area contributed by atoms with Gasteiger partial charge in [-0.25, -0.2) is 0 Å². The predicted molar refractivity (Wildman–Crippen MR) is 92.0 cm³/mol. The molecular weight excluding hydrogens is 289 g/mol. The van der Waals surface area contributed by atoms with Gasteiger partial charge in [0, 0.05) is 5.41 Å². The summed E-state index contributed by atoms with van der Waals surface area (Å²) in [5, 5.41) is 12.1. The van der Waals surface area contributed by atoms with Crippen LogP contribution in [0.4, 0.5) is 0 Å². The van der Waals surface area contributed by atoms with Gasteiger partial charge in [0.2, 0.25) is 0 Å². The Kier molecular flexibility index (Phi) is 5.34. The number of carbonyl (C=O) groups is 2. The molecule has 0 aliphatic heterocycles. The maximum absolute atomic E-state index is 11.5. The maximum Gasteiger partial charge on any atom is 0.320 e. The van der Waals surface area contributed by atoms with Gasteiger partial charge < -0.3 is 15.1 Å². The highest BCUT2D eigenvalue weighted by Gasteiger charge is 2.36. The second-order valence-electron chi connectivity index (χ2n) is 5.91. The molecular formula is C18H19BNO3. The second kappa shape index (κ2) is 7.25. The van der Waals surface area contributed by atoms with Crippen molar-refractivity contribution in [2.45, 2.75) is 25.3 Å². The number of carboxylic acids is 1. The molecule has 0 spiro atoms. The summed E-state index contributed by atoms with van der Waals surface area (Å²) in [5.74, 6) is -1.000. The maximum atomic E-state index is 11.5. The number of rotatable bonds is 7. The van der Waals surface area contributed by atoms with Gasteiger partial charge in [-0.05, 0) is 16.7 Å². The Labute approximate surface area is 136 Å². The number of benzene rings is 2. The molecule has 2 aromatic carbocycles. The van der Waals surface area contributed by atoms with Gasteiger partial charge in [-0.3, -0.25) is 4.79 Å². The van der Waals surface area contributed by atoms with Crippen LogP contribution in [-0.2, 0) is 15.0 Å². The van der Waals surface area contributed by atoms with E-state index in [1.807, 2.05) is 68.4 Å². The quantitative estimate of drug-likeness (QED) is 0.609. The molecule has 0 amide bonds. The van der Waals surface area contributed by atoms with Gasteiger partial charge in [-0.2, -0.15) is 0 Å². The summed E-state index contributed by atoms with van der Waals surface area (Å²) < 4.78 is 0. The van der Waals surface area contributed by atoms with Crippen molar-refractivity contribution in [2.75, 3.05) is 0 Å². The minimum Gasteiger partial charge on any atom is -0.480 e. The summed E-state index contributed by atoms with van der Waals surface area (Å²) in [4.78, 5) is 22.0. The molecule has 1 atom stereocenters. The van der Waals surface area contributed by atoms with E-state index >= 15 is 0 Å². The van der Waals surface area contributed by atoms with E-state index in [1.165, 1.54) is 0 Å². The molecule has 0 aromatic heterocycles. The molecule has 117 valence electrons. The van der Waals surface area contributed by atoms with Crippen molar-refractivity contribution < 1.29 is 14.7 Å². The standard InChI is InChI=1S/C18H19BNO3/c1-18(2,16(17(22)23)20-19-12-21)15-10-8-14(9-11-15)13-6-4-3-5-7-13/h3-12,16,20H,1-2H3,(H,22,23)/t16-/m0/s1.